The second kappa shape index (κ2) is 14.2. The molecule has 3 aromatic rings. The molecule has 0 saturated heterocycles. The van der Waals surface area contributed by atoms with Gasteiger partial charge in [0.25, 0.3) is 11.5 Å². The second-order valence-corrected chi connectivity index (χ2v) is 11.6. The summed E-state index contributed by atoms with van der Waals surface area (Å²) >= 11 is 0. The van der Waals surface area contributed by atoms with E-state index in [0.29, 0.717) is 17.7 Å². The van der Waals surface area contributed by atoms with Gasteiger partial charge in [0.2, 0.25) is 5.91 Å². The Balaban J connectivity index is 2.01. The maximum atomic E-state index is 15.5. The Bertz CT molecular complexity index is 1540. The fourth-order valence-corrected chi connectivity index (χ4v) is 5.22. The third-order valence-corrected chi connectivity index (χ3v) is 7.04. The van der Waals surface area contributed by atoms with Crippen molar-refractivity contribution in [2.75, 3.05) is 13.1 Å². The van der Waals surface area contributed by atoms with Crippen LogP contribution in [0.1, 0.15) is 67.2 Å². The molecule has 2 amide bonds. The molecule has 10 heteroatoms. The molecule has 0 unspecified atom stereocenters. The number of nitrogens with zero attached hydrogens (tertiary/aromatic N) is 2. The largest absolute Gasteiger partial charge is 0.481 e. The first kappa shape index (κ1) is 33.2. The summed E-state index contributed by atoms with van der Waals surface area (Å²) in [5.74, 6) is -5.23. The number of nitrogens with one attached hydrogen (secondary N) is 1. The van der Waals surface area contributed by atoms with Crippen molar-refractivity contribution < 1.29 is 28.3 Å². The highest BCUT2D eigenvalue weighted by molar-refractivity contribution is 5.96. The van der Waals surface area contributed by atoms with Crippen LogP contribution in [0.3, 0.4) is 0 Å². The summed E-state index contributed by atoms with van der Waals surface area (Å²) in [6, 6.07) is 9.51. The van der Waals surface area contributed by atoms with Crippen molar-refractivity contribution in [3.05, 3.63) is 92.9 Å². The van der Waals surface area contributed by atoms with E-state index in [2.05, 4.69) is 5.32 Å². The summed E-state index contributed by atoms with van der Waals surface area (Å²) in [6.45, 7) is 10.9. The number of benzene rings is 2. The van der Waals surface area contributed by atoms with Gasteiger partial charge < -0.3 is 19.9 Å². The van der Waals surface area contributed by atoms with E-state index in [-0.39, 0.29) is 29.5 Å². The van der Waals surface area contributed by atoms with Gasteiger partial charge in [0.15, 0.2) is 11.6 Å². The Morgan fingerprint density at radius 2 is 1.63 bits per heavy atom. The molecule has 0 fully saturated rings. The van der Waals surface area contributed by atoms with Crippen LogP contribution in [-0.4, -0.2) is 45.4 Å². The lowest BCUT2D eigenvalue weighted by Gasteiger charge is -2.33. The molecule has 0 radical (unpaired) electrons. The number of hydrogen-bond donors (Lipinski definition) is 2. The Kier molecular flexibility index (Phi) is 11.0. The van der Waals surface area contributed by atoms with Crippen LogP contribution in [0.5, 0.6) is 0 Å². The van der Waals surface area contributed by atoms with E-state index in [0.717, 1.165) is 22.1 Å². The van der Waals surface area contributed by atoms with E-state index in [1.807, 2.05) is 45.9 Å². The average Bonchev–Trinajstić information content (AvgIpc) is 2.91. The molecular formula is C33H39F2N3O5. The van der Waals surface area contributed by atoms with Gasteiger partial charge in [-0.05, 0) is 72.2 Å². The SMILES string of the molecule is Cc1cccc(C)c1-c1cc(F)c(F)c([C@H](CC(=O)O)N(CC(C)C)C(=O)CNC(=O)c2cccn(CC(C)C)c2=O)c1. The number of aliphatic carboxylic acids is 1. The molecule has 1 heterocycles. The Morgan fingerprint density at radius 1 is 0.977 bits per heavy atom. The van der Waals surface area contributed by atoms with Crippen LogP contribution < -0.4 is 10.9 Å². The molecule has 2 N–H and O–H groups in total. The maximum absolute atomic E-state index is 15.5. The van der Waals surface area contributed by atoms with Crippen molar-refractivity contribution in [1.82, 2.24) is 14.8 Å². The molecule has 230 valence electrons. The molecule has 0 saturated carbocycles. The van der Waals surface area contributed by atoms with Gasteiger partial charge in [-0.3, -0.25) is 19.2 Å². The van der Waals surface area contributed by atoms with Crippen molar-refractivity contribution in [2.45, 2.75) is 60.5 Å². The predicted octanol–water partition coefficient (Wildman–Crippen LogP) is 5.50. The molecule has 3 rings (SSSR count). The zero-order valence-corrected chi connectivity index (χ0v) is 25.4. The van der Waals surface area contributed by atoms with Crippen LogP contribution in [0.4, 0.5) is 8.78 Å². The molecule has 0 aliphatic heterocycles. The van der Waals surface area contributed by atoms with E-state index in [9.17, 15) is 24.3 Å². The fraction of sp³-hybridized carbons (Fsp3) is 0.394. The third kappa shape index (κ3) is 8.15. The van der Waals surface area contributed by atoms with E-state index in [1.54, 1.807) is 26.1 Å². The number of carboxylic acid groups (broad SMARTS) is 1. The molecule has 43 heavy (non-hydrogen) atoms. The zero-order valence-electron chi connectivity index (χ0n) is 25.4. The number of carbonyl (C=O) groups is 3. The second-order valence-electron chi connectivity index (χ2n) is 11.6. The van der Waals surface area contributed by atoms with E-state index >= 15 is 8.78 Å². The number of carboxylic acids is 1. The van der Waals surface area contributed by atoms with Gasteiger partial charge in [0.1, 0.15) is 5.56 Å². The van der Waals surface area contributed by atoms with Gasteiger partial charge in [0.05, 0.1) is 19.0 Å². The highest BCUT2D eigenvalue weighted by atomic mass is 19.2. The first-order valence-electron chi connectivity index (χ1n) is 14.3. The molecule has 1 aromatic heterocycles. The number of amides is 2. The molecule has 2 aromatic carbocycles. The average molecular weight is 596 g/mol. The molecule has 0 spiro atoms. The van der Waals surface area contributed by atoms with Crippen molar-refractivity contribution in [2.24, 2.45) is 11.8 Å². The summed E-state index contributed by atoms with van der Waals surface area (Å²) < 4.78 is 32.0. The van der Waals surface area contributed by atoms with Crippen LogP contribution in [0.25, 0.3) is 11.1 Å². The van der Waals surface area contributed by atoms with Gasteiger partial charge >= 0.3 is 5.97 Å². The monoisotopic (exact) mass is 595 g/mol. The van der Waals surface area contributed by atoms with Crippen molar-refractivity contribution >= 4 is 17.8 Å². The van der Waals surface area contributed by atoms with Crippen LogP contribution in [0, 0.1) is 37.3 Å². The quantitative estimate of drug-likeness (QED) is 0.288. The molecule has 8 nitrogen and oxygen atoms in total. The lowest BCUT2D eigenvalue weighted by Crippen LogP contribution is -2.45. The van der Waals surface area contributed by atoms with E-state index in [1.165, 1.54) is 16.7 Å². The third-order valence-electron chi connectivity index (χ3n) is 7.04. The normalized spacial score (nSPS) is 12.0. The Labute approximate surface area is 250 Å². The van der Waals surface area contributed by atoms with Gasteiger partial charge in [-0.25, -0.2) is 8.78 Å². The standard InChI is InChI=1S/C33H39F2N3O5/c1-19(2)17-37-12-8-11-24(33(37)43)32(42)36-16-28(39)38(18-20(3)4)27(15-29(40)41)25-13-23(14-26(34)31(25)35)30-21(5)9-7-10-22(30)6/h7-14,19-20,27H,15-18H2,1-6H3,(H,36,42)(H,40,41)/t27-/m0/s1. The van der Waals surface area contributed by atoms with E-state index in [4.69, 9.17) is 0 Å². The van der Waals surface area contributed by atoms with Crippen LogP contribution in [0.2, 0.25) is 0 Å². The molecule has 0 aliphatic rings. The number of pyridine rings is 1. The minimum absolute atomic E-state index is 0.00780. The maximum Gasteiger partial charge on any atom is 0.305 e. The van der Waals surface area contributed by atoms with Gasteiger partial charge in [-0.2, -0.15) is 0 Å². The lowest BCUT2D eigenvalue weighted by atomic mass is 9.91. The summed E-state index contributed by atoms with van der Waals surface area (Å²) in [6.07, 6.45) is 0.878. The number of aromatic nitrogens is 1. The van der Waals surface area contributed by atoms with Crippen LogP contribution in [0.15, 0.2) is 53.5 Å². The highest BCUT2D eigenvalue weighted by Gasteiger charge is 2.32. The molecular weight excluding hydrogens is 556 g/mol. The minimum atomic E-state index is -1.37. The summed E-state index contributed by atoms with van der Waals surface area (Å²) in [5, 5.41) is 12.2. The highest BCUT2D eigenvalue weighted by Crippen LogP contribution is 2.35. The Morgan fingerprint density at radius 3 is 2.21 bits per heavy atom. The number of halogens is 2. The first-order valence-corrected chi connectivity index (χ1v) is 14.3. The van der Waals surface area contributed by atoms with Gasteiger partial charge in [0, 0.05) is 24.8 Å². The van der Waals surface area contributed by atoms with E-state index < -0.39 is 54.0 Å². The predicted molar refractivity (Wildman–Crippen MR) is 161 cm³/mol. The molecule has 0 aliphatic carbocycles. The lowest BCUT2D eigenvalue weighted by molar-refractivity contribution is -0.141. The number of rotatable bonds is 12. The molecule has 1 atom stereocenters. The van der Waals surface area contributed by atoms with Gasteiger partial charge in [-0.15, -0.1) is 0 Å². The minimum Gasteiger partial charge on any atom is -0.481 e. The summed E-state index contributed by atoms with van der Waals surface area (Å²) in [5.41, 5.74) is 1.73. The first-order chi connectivity index (χ1) is 20.2. The van der Waals surface area contributed by atoms with Crippen molar-refractivity contribution in [3.63, 3.8) is 0 Å². The van der Waals surface area contributed by atoms with Crippen LogP contribution >= 0.6 is 0 Å². The number of aryl methyl sites for hydroxylation is 2. The Hall–Kier alpha value is -4.34. The smallest absolute Gasteiger partial charge is 0.305 e. The number of carbonyl (C=O) groups excluding carboxylic acids is 2. The van der Waals surface area contributed by atoms with Crippen molar-refractivity contribution in [3.8, 4) is 11.1 Å². The topological polar surface area (TPSA) is 109 Å². The van der Waals surface area contributed by atoms with Gasteiger partial charge in [-0.1, -0.05) is 45.9 Å². The number of hydrogen-bond acceptors (Lipinski definition) is 4. The molecule has 0 bridgehead atoms. The zero-order chi connectivity index (χ0) is 32.0. The summed E-state index contributed by atoms with van der Waals surface area (Å²) in [7, 11) is 0. The van der Waals surface area contributed by atoms with Crippen LogP contribution in [-0.2, 0) is 16.1 Å². The fourth-order valence-electron chi connectivity index (χ4n) is 5.22. The summed E-state index contributed by atoms with van der Waals surface area (Å²) in [4.78, 5) is 52.5. The van der Waals surface area contributed by atoms with Crippen molar-refractivity contribution in [1.29, 1.82) is 0 Å².